The van der Waals surface area contributed by atoms with E-state index < -0.39 is 0 Å². The maximum atomic E-state index is 9.60. The molecule has 150 valence electrons. The van der Waals surface area contributed by atoms with E-state index in [1.54, 1.807) is 6.20 Å². The molecule has 0 spiro atoms. The number of hydrogen-bond acceptors (Lipinski definition) is 5. The van der Waals surface area contributed by atoms with Gasteiger partial charge in [-0.15, -0.1) is 0 Å². The number of hydrogen-bond donors (Lipinski definition) is 2. The summed E-state index contributed by atoms with van der Waals surface area (Å²) in [5.74, 6) is 0.685. The molecule has 30 heavy (non-hydrogen) atoms. The summed E-state index contributed by atoms with van der Waals surface area (Å²) in [6.07, 6.45) is 12.6. The summed E-state index contributed by atoms with van der Waals surface area (Å²) in [5.41, 5.74) is 6.55. The first-order chi connectivity index (χ1) is 14.5. The topological polar surface area (TPSA) is 75.3 Å². The molecule has 1 aliphatic carbocycles. The van der Waals surface area contributed by atoms with Gasteiger partial charge in [0, 0.05) is 41.5 Å². The second kappa shape index (κ2) is 7.07. The number of nitrogens with zero attached hydrogens (tertiary/aromatic N) is 4. The number of aliphatic hydroxyl groups is 1. The Bertz CT molecular complexity index is 1250. The van der Waals surface area contributed by atoms with Crippen molar-refractivity contribution in [3.05, 3.63) is 78.0 Å². The molecule has 0 aliphatic heterocycles. The molecule has 3 heterocycles. The minimum absolute atomic E-state index is 0.0996. The summed E-state index contributed by atoms with van der Waals surface area (Å²) >= 11 is 0. The SMILES string of the molecule is CC(C)(CO)c1ccc(Nc2nc(-c3cnc4c(c3)CC=C4)cn3ccnc23)cc1. The lowest BCUT2D eigenvalue weighted by atomic mass is 9.85. The third-order valence-electron chi connectivity index (χ3n) is 5.61. The Kier molecular flexibility index (Phi) is 4.37. The Morgan fingerprint density at radius 3 is 2.80 bits per heavy atom. The summed E-state index contributed by atoms with van der Waals surface area (Å²) in [4.78, 5) is 13.9. The molecule has 1 aliphatic rings. The lowest BCUT2D eigenvalue weighted by Crippen LogP contribution is -2.21. The Morgan fingerprint density at radius 1 is 1.17 bits per heavy atom. The fourth-order valence-electron chi connectivity index (χ4n) is 3.66. The summed E-state index contributed by atoms with van der Waals surface area (Å²) < 4.78 is 1.97. The Hall–Kier alpha value is -3.51. The molecule has 0 atom stereocenters. The van der Waals surface area contributed by atoms with Crippen LogP contribution in [-0.4, -0.2) is 31.1 Å². The van der Waals surface area contributed by atoms with Crippen LogP contribution in [0.2, 0.25) is 0 Å². The average molecular weight is 397 g/mol. The van der Waals surface area contributed by atoms with Crippen LogP contribution >= 0.6 is 0 Å². The van der Waals surface area contributed by atoms with E-state index in [1.807, 2.05) is 61.1 Å². The molecule has 0 unspecified atom stereocenters. The van der Waals surface area contributed by atoms with Crippen molar-refractivity contribution in [1.82, 2.24) is 19.4 Å². The highest BCUT2D eigenvalue weighted by Crippen LogP contribution is 2.28. The highest BCUT2D eigenvalue weighted by Gasteiger charge is 2.19. The first-order valence-electron chi connectivity index (χ1n) is 10.0. The van der Waals surface area contributed by atoms with Gasteiger partial charge in [-0.05, 0) is 41.8 Å². The van der Waals surface area contributed by atoms with E-state index in [9.17, 15) is 5.11 Å². The summed E-state index contributed by atoms with van der Waals surface area (Å²) in [5, 5.41) is 13.0. The molecule has 0 fully saturated rings. The number of aliphatic hydroxyl groups excluding tert-OH is 1. The Balaban J connectivity index is 1.51. The average Bonchev–Trinajstić information content (AvgIpc) is 3.43. The molecule has 1 aromatic carbocycles. The van der Waals surface area contributed by atoms with Gasteiger partial charge >= 0.3 is 0 Å². The summed E-state index contributed by atoms with van der Waals surface area (Å²) in [6, 6.07) is 10.2. The Morgan fingerprint density at radius 2 is 2.00 bits per heavy atom. The van der Waals surface area contributed by atoms with Gasteiger partial charge in [0.1, 0.15) is 0 Å². The number of pyridine rings is 1. The standard InChI is InChI=1S/C24H23N5O/c1-24(2,15-30)18-6-8-19(9-7-18)27-22-23-25-10-11-29(23)14-21(28-22)17-12-16-4-3-5-20(16)26-13-17/h3,5-14,30H,4,15H2,1-2H3,(H,27,28). The maximum absolute atomic E-state index is 9.60. The van der Waals surface area contributed by atoms with Gasteiger partial charge in [0.05, 0.1) is 18.0 Å². The minimum Gasteiger partial charge on any atom is -0.395 e. The molecule has 3 aromatic heterocycles. The van der Waals surface area contributed by atoms with Crippen molar-refractivity contribution in [2.45, 2.75) is 25.7 Å². The van der Waals surface area contributed by atoms with E-state index in [0.29, 0.717) is 5.82 Å². The zero-order valence-corrected chi connectivity index (χ0v) is 17.0. The third-order valence-corrected chi connectivity index (χ3v) is 5.61. The first-order valence-corrected chi connectivity index (χ1v) is 10.0. The molecule has 0 saturated heterocycles. The lowest BCUT2D eigenvalue weighted by molar-refractivity contribution is 0.218. The molecule has 0 amide bonds. The minimum atomic E-state index is -0.275. The van der Waals surface area contributed by atoms with Crippen LogP contribution in [0.25, 0.3) is 23.0 Å². The van der Waals surface area contributed by atoms with Crippen LogP contribution in [-0.2, 0) is 11.8 Å². The van der Waals surface area contributed by atoms with Gasteiger partial charge in [0.15, 0.2) is 11.5 Å². The number of aromatic nitrogens is 4. The van der Waals surface area contributed by atoms with E-state index in [1.165, 1.54) is 5.56 Å². The molecular weight excluding hydrogens is 374 g/mol. The summed E-state index contributed by atoms with van der Waals surface area (Å²) in [7, 11) is 0. The fraction of sp³-hybridized carbons (Fsp3) is 0.208. The van der Waals surface area contributed by atoms with Crippen molar-refractivity contribution in [3.63, 3.8) is 0 Å². The van der Waals surface area contributed by atoms with Crippen molar-refractivity contribution >= 4 is 23.2 Å². The second-order valence-corrected chi connectivity index (χ2v) is 8.25. The van der Waals surface area contributed by atoms with Crippen molar-refractivity contribution < 1.29 is 5.11 Å². The van der Waals surface area contributed by atoms with Crippen molar-refractivity contribution in [2.75, 3.05) is 11.9 Å². The molecular formula is C24H23N5O. The van der Waals surface area contributed by atoms with Crippen molar-refractivity contribution in [2.24, 2.45) is 0 Å². The molecule has 4 aromatic rings. The number of fused-ring (bicyclic) bond motifs is 2. The van der Waals surface area contributed by atoms with Crippen LogP contribution in [0.5, 0.6) is 0 Å². The number of allylic oxidation sites excluding steroid dienone is 1. The van der Waals surface area contributed by atoms with E-state index in [2.05, 4.69) is 33.5 Å². The Labute approximate surface area is 175 Å². The van der Waals surface area contributed by atoms with E-state index in [0.717, 1.165) is 40.3 Å². The monoisotopic (exact) mass is 397 g/mol. The molecule has 5 rings (SSSR count). The molecule has 2 N–H and O–H groups in total. The molecule has 0 radical (unpaired) electrons. The van der Waals surface area contributed by atoms with Gasteiger partial charge in [-0.25, -0.2) is 9.97 Å². The van der Waals surface area contributed by atoms with Crippen LogP contribution in [0, 0.1) is 0 Å². The van der Waals surface area contributed by atoms with Crippen LogP contribution in [0.3, 0.4) is 0 Å². The number of anilines is 2. The first kappa shape index (κ1) is 18.5. The lowest BCUT2D eigenvalue weighted by Gasteiger charge is -2.22. The number of imidazole rings is 1. The van der Waals surface area contributed by atoms with Crippen LogP contribution in [0.1, 0.15) is 30.7 Å². The van der Waals surface area contributed by atoms with E-state index in [4.69, 9.17) is 4.98 Å². The molecule has 6 heteroatoms. The van der Waals surface area contributed by atoms with Gasteiger partial charge in [0.25, 0.3) is 0 Å². The predicted octanol–water partition coefficient (Wildman–Crippen LogP) is 4.37. The molecule has 6 nitrogen and oxygen atoms in total. The third kappa shape index (κ3) is 3.25. The van der Waals surface area contributed by atoms with Gasteiger partial charge in [-0.3, -0.25) is 4.98 Å². The number of rotatable bonds is 5. The normalized spacial score (nSPS) is 13.0. The van der Waals surface area contributed by atoms with Crippen LogP contribution in [0.4, 0.5) is 11.5 Å². The quantitative estimate of drug-likeness (QED) is 0.523. The zero-order chi connectivity index (χ0) is 20.7. The van der Waals surface area contributed by atoms with Gasteiger partial charge < -0.3 is 14.8 Å². The van der Waals surface area contributed by atoms with Crippen LogP contribution < -0.4 is 5.32 Å². The number of nitrogens with one attached hydrogen (secondary N) is 1. The highest BCUT2D eigenvalue weighted by molar-refractivity contribution is 5.74. The number of benzene rings is 1. The maximum Gasteiger partial charge on any atom is 0.180 e. The second-order valence-electron chi connectivity index (χ2n) is 8.25. The predicted molar refractivity (Wildman–Crippen MR) is 119 cm³/mol. The van der Waals surface area contributed by atoms with Gasteiger partial charge in [-0.2, -0.15) is 0 Å². The van der Waals surface area contributed by atoms with Gasteiger partial charge in [-0.1, -0.05) is 32.1 Å². The van der Waals surface area contributed by atoms with E-state index >= 15 is 0 Å². The van der Waals surface area contributed by atoms with Crippen LogP contribution in [0.15, 0.2) is 61.2 Å². The zero-order valence-electron chi connectivity index (χ0n) is 17.0. The fourth-order valence-corrected chi connectivity index (χ4v) is 3.66. The highest BCUT2D eigenvalue weighted by atomic mass is 16.3. The largest absolute Gasteiger partial charge is 0.395 e. The van der Waals surface area contributed by atoms with Crippen molar-refractivity contribution in [1.29, 1.82) is 0 Å². The molecule has 0 bridgehead atoms. The van der Waals surface area contributed by atoms with Crippen molar-refractivity contribution in [3.8, 4) is 11.3 Å². The summed E-state index contributed by atoms with van der Waals surface area (Å²) in [6.45, 7) is 4.14. The van der Waals surface area contributed by atoms with E-state index in [-0.39, 0.29) is 12.0 Å². The smallest absolute Gasteiger partial charge is 0.180 e. The van der Waals surface area contributed by atoms with Gasteiger partial charge in [0.2, 0.25) is 0 Å². The molecule has 0 saturated carbocycles.